The van der Waals surface area contributed by atoms with Gasteiger partial charge in [-0.15, -0.1) is 12.6 Å². The lowest BCUT2D eigenvalue weighted by molar-refractivity contribution is 0.0918. The number of halogens is 1. The van der Waals surface area contributed by atoms with E-state index in [-0.39, 0.29) is 24.8 Å². The Balaban J connectivity index is 1.56. The van der Waals surface area contributed by atoms with Crippen LogP contribution in [0.2, 0.25) is 5.02 Å². The van der Waals surface area contributed by atoms with Gasteiger partial charge in [0.25, 0.3) is 5.91 Å². The van der Waals surface area contributed by atoms with Crippen LogP contribution in [0.4, 0.5) is 11.4 Å². The zero-order valence-electron chi connectivity index (χ0n) is 17.2. The van der Waals surface area contributed by atoms with E-state index in [0.29, 0.717) is 34.3 Å². The van der Waals surface area contributed by atoms with Crippen LogP contribution in [-0.4, -0.2) is 62.3 Å². The number of aliphatic hydroxyl groups is 1. The van der Waals surface area contributed by atoms with Crippen LogP contribution in [0.15, 0.2) is 41.3 Å². The zero-order valence-corrected chi connectivity index (χ0v) is 18.9. The Kier molecular flexibility index (Phi) is 8.20. The van der Waals surface area contributed by atoms with Gasteiger partial charge < -0.3 is 25.4 Å². The monoisotopic (exact) mass is 463 g/mol. The number of rotatable bonds is 8. The highest BCUT2D eigenvalue weighted by molar-refractivity contribution is 7.80. The molecule has 1 unspecified atom stereocenters. The summed E-state index contributed by atoms with van der Waals surface area (Å²) in [6, 6.07) is 10.4. The van der Waals surface area contributed by atoms with Gasteiger partial charge in [0.2, 0.25) is 0 Å². The predicted molar refractivity (Wildman–Crippen MR) is 125 cm³/mol. The minimum Gasteiger partial charge on any atom is -0.389 e. The van der Waals surface area contributed by atoms with Crippen molar-refractivity contribution >= 4 is 47.3 Å². The number of benzene rings is 2. The minimum atomic E-state index is -0.828. The van der Waals surface area contributed by atoms with Crippen molar-refractivity contribution in [1.82, 2.24) is 5.32 Å². The van der Waals surface area contributed by atoms with Crippen molar-refractivity contribution in [3.63, 3.8) is 0 Å². The van der Waals surface area contributed by atoms with Crippen LogP contribution in [-0.2, 0) is 4.74 Å². The number of Topliss-reactive ketones (excluding diaryl/α,β-unsaturated/α-hetero) is 1. The molecule has 1 aliphatic heterocycles. The normalized spacial score (nSPS) is 14.8. The van der Waals surface area contributed by atoms with Gasteiger partial charge in [-0.2, -0.15) is 0 Å². The lowest BCUT2D eigenvalue weighted by Gasteiger charge is -2.30. The molecule has 7 nitrogen and oxygen atoms in total. The summed E-state index contributed by atoms with van der Waals surface area (Å²) in [6.45, 7) is 4.56. The topological polar surface area (TPSA) is 90.9 Å². The quantitative estimate of drug-likeness (QED) is 0.355. The Bertz CT molecular complexity index is 950. The molecule has 3 N–H and O–H groups in total. The van der Waals surface area contributed by atoms with Crippen LogP contribution < -0.4 is 15.5 Å². The fourth-order valence-electron chi connectivity index (χ4n) is 3.31. The van der Waals surface area contributed by atoms with Crippen molar-refractivity contribution < 1.29 is 19.4 Å². The van der Waals surface area contributed by atoms with Crippen LogP contribution in [0.25, 0.3) is 0 Å². The van der Waals surface area contributed by atoms with E-state index in [1.165, 1.54) is 6.07 Å². The highest BCUT2D eigenvalue weighted by atomic mass is 35.5. The summed E-state index contributed by atoms with van der Waals surface area (Å²) in [5.74, 6) is -0.387. The second-order valence-electron chi connectivity index (χ2n) is 7.29. The molecular formula is C22H26ClN3O4S. The number of aliphatic hydroxyl groups excluding tert-OH is 1. The third kappa shape index (κ3) is 6.36. The van der Waals surface area contributed by atoms with E-state index in [9.17, 15) is 14.7 Å². The molecule has 0 saturated carbocycles. The lowest BCUT2D eigenvalue weighted by Crippen LogP contribution is -2.37. The maximum atomic E-state index is 12.3. The highest BCUT2D eigenvalue weighted by Gasteiger charge is 2.18. The van der Waals surface area contributed by atoms with Crippen molar-refractivity contribution in [1.29, 1.82) is 0 Å². The second kappa shape index (κ2) is 10.9. The fraction of sp³-hybridized carbons (Fsp3) is 0.364. The van der Waals surface area contributed by atoms with Crippen LogP contribution in [0.5, 0.6) is 0 Å². The minimum absolute atomic E-state index is 0.0259. The smallest absolute Gasteiger partial charge is 0.252 e. The average Bonchev–Trinajstić information content (AvgIpc) is 2.78. The van der Waals surface area contributed by atoms with Gasteiger partial charge in [0, 0.05) is 53.0 Å². The van der Waals surface area contributed by atoms with Crippen LogP contribution in [0.1, 0.15) is 27.6 Å². The van der Waals surface area contributed by atoms with Crippen molar-refractivity contribution in [3.05, 3.63) is 52.5 Å². The molecule has 0 aromatic heterocycles. The van der Waals surface area contributed by atoms with E-state index >= 15 is 0 Å². The number of morpholine rings is 1. The molecule has 1 saturated heterocycles. The molecule has 2 aromatic carbocycles. The molecule has 2 aromatic rings. The molecule has 0 aliphatic carbocycles. The maximum Gasteiger partial charge on any atom is 0.252 e. The molecule has 0 bridgehead atoms. The second-order valence-corrected chi connectivity index (χ2v) is 8.21. The van der Waals surface area contributed by atoms with Crippen LogP contribution in [0, 0.1) is 0 Å². The van der Waals surface area contributed by atoms with Gasteiger partial charge in [0.15, 0.2) is 5.78 Å². The third-order valence-corrected chi connectivity index (χ3v) is 5.60. The first-order chi connectivity index (χ1) is 14.8. The number of hydrogen-bond donors (Lipinski definition) is 4. The summed E-state index contributed by atoms with van der Waals surface area (Å²) in [5, 5.41) is 16.5. The SMILES string of the molecule is CC(=O)c1cc(NCC(O)CNC(=O)c2cc(Cl)ccc2S)ccc1N1CCOCC1. The summed E-state index contributed by atoms with van der Waals surface area (Å²) in [7, 11) is 0. The summed E-state index contributed by atoms with van der Waals surface area (Å²) in [6.07, 6.45) is -0.828. The van der Waals surface area contributed by atoms with Gasteiger partial charge in [-0.1, -0.05) is 11.6 Å². The fourth-order valence-corrected chi connectivity index (χ4v) is 3.72. The van der Waals surface area contributed by atoms with Crippen LogP contribution >= 0.6 is 24.2 Å². The first-order valence-electron chi connectivity index (χ1n) is 10.0. The summed E-state index contributed by atoms with van der Waals surface area (Å²) < 4.78 is 5.38. The van der Waals surface area contributed by atoms with E-state index in [4.69, 9.17) is 16.3 Å². The molecule has 0 radical (unpaired) electrons. The van der Waals surface area contributed by atoms with Gasteiger partial charge in [-0.25, -0.2) is 0 Å². The number of amides is 1. The lowest BCUT2D eigenvalue weighted by atomic mass is 10.1. The first-order valence-corrected chi connectivity index (χ1v) is 10.8. The first kappa shape index (κ1) is 23.4. The van der Waals surface area contributed by atoms with Gasteiger partial charge in [-0.05, 0) is 43.3 Å². The van der Waals surface area contributed by atoms with E-state index < -0.39 is 6.10 Å². The van der Waals surface area contributed by atoms with Crippen molar-refractivity contribution in [2.24, 2.45) is 0 Å². The Morgan fingerprint density at radius 3 is 2.61 bits per heavy atom. The predicted octanol–water partition coefficient (Wildman–Crippen LogP) is 2.87. The molecular weight excluding hydrogens is 438 g/mol. The van der Waals surface area contributed by atoms with Gasteiger partial charge in [-0.3, -0.25) is 9.59 Å². The Morgan fingerprint density at radius 2 is 1.90 bits per heavy atom. The molecule has 9 heteroatoms. The van der Waals surface area contributed by atoms with Crippen molar-refractivity contribution in [2.75, 3.05) is 49.6 Å². The molecule has 166 valence electrons. The number of nitrogens with one attached hydrogen (secondary N) is 2. The number of thiol groups is 1. The number of nitrogens with zero attached hydrogens (tertiary/aromatic N) is 1. The van der Waals surface area contributed by atoms with Gasteiger partial charge >= 0.3 is 0 Å². The molecule has 3 rings (SSSR count). The average molecular weight is 464 g/mol. The number of hydrogen-bond acceptors (Lipinski definition) is 7. The Morgan fingerprint density at radius 1 is 1.16 bits per heavy atom. The molecule has 31 heavy (non-hydrogen) atoms. The highest BCUT2D eigenvalue weighted by Crippen LogP contribution is 2.26. The standard InChI is InChI=1S/C22H26ClN3O4S/c1-14(27)18-11-16(3-4-20(18)26-6-8-30-9-7-26)24-12-17(28)13-25-22(29)19-10-15(23)2-5-21(19)31/h2-5,10-11,17,24,28,31H,6-9,12-13H2,1H3,(H,25,29). The van der Waals surface area contributed by atoms with E-state index in [1.807, 2.05) is 12.1 Å². The molecule has 1 atom stereocenters. The molecule has 1 aliphatic rings. The number of carbonyl (C=O) groups is 2. The van der Waals surface area contributed by atoms with Gasteiger partial charge in [0.05, 0.1) is 24.9 Å². The third-order valence-electron chi connectivity index (χ3n) is 4.97. The van der Waals surface area contributed by atoms with E-state index in [2.05, 4.69) is 28.2 Å². The van der Waals surface area contributed by atoms with Crippen molar-refractivity contribution in [2.45, 2.75) is 17.9 Å². The van der Waals surface area contributed by atoms with E-state index in [0.717, 1.165) is 24.5 Å². The number of anilines is 2. The molecule has 1 heterocycles. The molecule has 1 amide bonds. The summed E-state index contributed by atoms with van der Waals surface area (Å²) >= 11 is 10.2. The largest absolute Gasteiger partial charge is 0.389 e. The summed E-state index contributed by atoms with van der Waals surface area (Å²) in [5.41, 5.74) is 2.58. The zero-order chi connectivity index (χ0) is 22.4. The summed E-state index contributed by atoms with van der Waals surface area (Å²) in [4.78, 5) is 27.1. The molecule has 0 spiro atoms. The Labute approximate surface area is 192 Å². The maximum absolute atomic E-state index is 12.3. The van der Waals surface area contributed by atoms with Gasteiger partial charge in [0.1, 0.15) is 0 Å². The number of ether oxygens (including phenoxy) is 1. The number of ketones is 1. The van der Waals surface area contributed by atoms with Crippen molar-refractivity contribution in [3.8, 4) is 0 Å². The number of carbonyl (C=O) groups excluding carboxylic acids is 2. The van der Waals surface area contributed by atoms with Crippen LogP contribution in [0.3, 0.4) is 0 Å². The molecule has 1 fully saturated rings. The Hall–Kier alpha value is -2.26. The van der Waals surface area contributed by atoms with E-state index in [1.54, 1.807) is 25.1 Å².